The topological polar surface area (TPSA) is 56.5 Å². The number of halogens is 1. The Morgan fingerprint density at radius 2 is 1.59 bits per heavy atom. The lowest BCUT2D eigenvalue weighted by Crippen LogP contribution is -2.16. The fourth-order valence-electron chi connectivity index (χ4n) is 3.43. The molecule has 162 valence electrons. The van der Waals surface area contributed by atoms with Crippen molar-refractivity contribution in [3.63, 3.8) is 0 Å². The molecule has 1 heterocycles. The van der Waals surface area contributed by atoms with Crippen molar-refractivity contribution in [2.45, 2.75) is 33.1 Å². The number of fused-ring (bicyclic) bond motifs is 1. The molecule has 5 heteroatoms. The predicted molar refractivity (Wildman–Crippen MR) is 130 cm³/mol. The van der Waals surface area contributed by atoms with Gasteiger partial charge in [0.05, 0.1) is 10.9 Å². The van der Waals surface area contributed by atoms with Gasteiger partial charge < -0.3 is 9.15 Å². The number of rotatable bonds is 3. The molecule has 1 aromatic heterocycles. The van der Waals surface area contributed by atoms with Crippen molar-refractivity contribution in [3.05, 3.63) is 98.1 Å². The third-order valence-electron chi connectivity index (χ3n) is 5.29. The van der Waals surface area contributed by atoms with Crippen LogP contribution in [-0.4, -0.2) is 5.97 Å². The van der Waals surface area contributed by atoms with E-state index in [0.29, 0.717) is 22.1 Å². The van der Waals surface area contributed by atoms with Gasteiger partial charge in [0, 0.05) is 10.0 Å². The maximum Gasteiger partial charge on any atom is 0.343 e. The average Bonchev–Trinajstić information content (AvgIpc) is 2.75. The normalized spacial score (nSPS) is 11.5. The van der Waals surface area contributed by atoms with E-state index in [1.165, 1.54) is 0 Å². The van der Waals surface area contributed by atoms with Crippen LogP contribution in [0.1, 0.15) is 42.3 Å². The lowest BCUT2D eigenvalue weighted by Gasteiger charge is -2.19. The highest BCUT2D eigenvalue weighted by Crippen LogP contribution is 2.33. The van der Waals surface area contributed by atoms with E-state index in [-0.39, 0.29) is 22.4 Å². The number of carbonyl (C=O) groups excluding carboxylic acids is 1. The van der Waals surface area contributed by atoms with Gasteiger partial charge in [-0.15, -0.1) is 0 Å². The second kappa shape index (κ2) is 8.40. The van der Waals surface area contributed by atoms with Gasteiger partial charge >= 0.3 is 5.97 Å². The number of hydrogen-bond acceptors (Lipinski definition) is 4. The molecule has 0 radical (unpaired) electrons. The minimum Gasteiger partial charge on any atom is -0.452 e. The van der Waals surface area contributed by atoms with Crippen molar-refractivity contribution in [1.82, 2.24) is 0 Å². The molecule has 0 atom stereocenters. The largest absolute Gasteiger partial charge is 0.452 e. The molecule has 0 aliphatic carbocycles. The Kier molecular flexibility index (Phi) is 5.78. The first kappa shape index (κ1) is 22.0. The molecule has 0 amide bonds. The van der Waals surface area contributed by atoms with E-state index < -0.39 is 5.97 Å². The summed E-state index contributed by atoms with van der Waals surface area (Å²) in [7, 11) is 0. The number of hydrogen-bond donors (Lipinski definition) is 0. The predicted octanol–water partition coefficient (Wildman–Crippen LogP) is 7.05. The van der Waals surface area contributed by atoms with E-state index in [2.05, 4.69) is 36.7 Å². The van der Waals surface area contributed by atoms with E-state index in [1.54, 1.807) is 30.3 Å². The molecule has 0 saturated carbocycles. The molecule has 3 aromatic carbocycles. The summed E-state index contributed by atoms with van der Waals surface area (Å²) in [5.41, 5.74) is 3.17. The summed E-state index contributed by atoms with van der Waals surface area (Å²) in [5, 5.41) is 0.365. The van der Waals surface area contributed by atoms with E-state index >= 15 is 0 Å². The lowest BCUT2D eigenvalue weighted by molar-refractivity contribution is 0.0731. The molecule has 0 bridgehead atoms. The highest BCUT2D eigenvalue weighted by Gasteiger charge is 2.22. The zero-order valence-corrected chi connectivity index (χ0v) is 19.9. The maximum absolute atomic E-state index is 13.3. The molecule has 32 heavy (non-hydrogen) atoms. The van der Waals surface area contributed by atoms with E-state index in [4.69, 9.17) is 9.15 Å². The standard InChI is InChI=1S/C27H23BrO4/c1-16-5-14-21-22(15-16)31-24(17-6-10-19(11-7-17)27(2,3)4)25(23(21)29)32-26(30)18-8-12-20(28)13-9-18/h5-15H,1-4H3. The summed E-state index contributed by atoms with van der Waals surface area (Å²) in [5.74, 6) is -0.499. The fourth-order valence-corrected chi connectivity index (χ4v) is 3.69. The van der Waals surface area contributed by atoms with Gasteiger partial charge in [-0.25, -0.2) is 4.79 Å². The average molecular weight is 491 g/mol. The Bertz CT molecular complexity index is 1360. The lowest BCUT2D eigenvalue weighted by atomic mass is 9.86. The molecule has 4 aromatic rings. The Morgan fingerprint density at radius 3 is 2.22 bits per heavy atom. The highest BCUT2D eigenvalue weighted by atomic mass is 79.9. The van der Waals surface area contributed by atoms with Crippen LogP contribution in [0.15, 0.2) is 80.4 Å². The van der Waals surface area contributed by atoms with Crippen molar-refractivity contribution < 1.29 is 13.9 Å². The first-order valence-electron chi connectivity index (χ1n) is 10.3. The molecule has 0 aliphatic rings. The Morgan fingerprint density at radius 1 is 0.938 bits per heavy atom. The summed E-state index contributed by atoms with van der Waals surface area (Å²) in [6, 6.07) is 19.9. The second-order valence-electron chi connectivity index (χ2n) is 8.81. The molecular formula is C27H23BrO4. The van der Waals surface area contributed by atoms with Crippen LogP contribution in [0.25, 0.3) is 22.3 Å². The smallest absolute Gasteiger partial charge is 0.343 e. The van der Waals surface area contributed by atoms with E-state index in [9.17, 15) is 9.59 Å². The highest BCUT2D eigenvalue weighted by molar-refractivity contribution is 9.10. The maximum atomic E-state index is 13.3. The third kappa shape index (κ3) is 4.39. The Balaban J connectivity index is 1.87. The zero-order valence-electron chi connectivity index (χ0n) is 18.4. The Labute approximate surface area is 195 Å². The number of esters is 1. The second-order valence-corrected chi connectivity index (χ2v) is 9.73. The van der Waals surface area contributed by atoms with Gasteiger partial charge in [-0.05, 0) is 59.9 Å². The molecule has 0 saturated heterocycles. The summed E-state index contributed by atoms with van der Waals surface area (Å²) in [4.78, 5) is 26.2. The van der Waals surface area contributed by atoms with Gasteiger partial charge in [0.25, 0.3) is 0 Å². The molecule has 0 N–H and O–H groups in total. The first-order valence-corrected chi connectivity index (χ1v) is 11.1. The number of ether oxygens (including phenoxy) is 1. The van der Waals surface area contributed by atoms with Gasteiger partial charge in [-0.3, -0.25) is 4.79 Å². The van der Waals surface area contributed by atoms with Crippen LogP contribution in [0, 0.1) is 6.92 Å². The van der Waals surface area contributed by atoms with Crippen molar-refractivity contribution in [1.29, 1.82) is 0 Å². The van der Waals surface area contributed by atoms with Crippen LogP contribution >= 0.6 is 15.9 Å². The van der Waals surface area contributed by atoms with Crippen molar-refractivity contribution in [2.75, 3.05) is 0 Å². The van der Waals surface area contributed by atoms with Crippen LogP contribution in [0.5, 0.6) is 5.75 Å². The molecule has 0 fully saturated rings. The minimum atomic E-state index is -0.621. The van der Waals surface area contributed by atoms with Gasteiger partial charge in [0.1, 0.15) is 5.58 Å². The van der Waals surface area contributed by atoms with E-state index in [1.807, 2.05) is 43.3 Å². The van der Waals surface area contributed by atoms with Crippen LogP contribution in [0.2, 0.25) is 0 Å². The molecule has 0 spiro atoms. The van der Waals surface area contributed by atoms with E-state index in [0.717, 1.165) is 15.6 Å². The molecule has 0 unspecified atom stereocenters. The number of benzene rings is 3. The van der Waals surface area contributed by atoms with Crippen LogP contribution in [-0.2, 0) is 5.41 Å². The zero-order chi connectivity index (χ0) is 23.0. The summed E-state index contributed by atoms with van der Waals surface area (Å²) in [6.45, 7) is 8.32. The number of carbonyl (C=O) groups is 1. The summed E-state index contributed by atoms with van der Waals surface area (Å²) < 4.78 is 12.6. The van der Waals surface area contributed by atoms with Crippen molar-refractivity contribution >= 4 is 32.9 Å². The van der Waals surface area contributed by atoms with Gasteiger partial charge in [-0.1, -0.05) is 67.0 Å². The Hall–Kier alpha value is -3.18. The van der Waals surface area contributed by atoms with Gasteiger partial charge in [0.2, 0.25) is 11.2 Å². The molecule has 0 aliphatic heterocycles. The van der Waals surface area contributed by atoms with Crippen molar-refractivity contribution in [2.24, 2.45) is 0 Å². The van der Waals surface area contributed by atoms with Gasteiger partial charge in [0.15, 0.2) is 5.76 Å². The van der Waals surface area contributed by atoms with Gasteiger partial charge in [-0.2, -0.15) is 0 Å². The summed E-state index contributed by atoms with van der Waals surface area (Å²) in [6.07, 6.45) is 0. The first-order chi connectivity index (χ1) is 15.1. The SMILES string of the molecule is Cc1ccc2c(=O)c(OC(=O)c3ccc(Br)cc3)c(-c3ccc(C(C)(C)C)cc3)oc2c1. The van der Waals surface area contributed by atoms with Crippen molar-refractivity contribution in [3.8, 4) is 17.1 Å². The van der Waals surface area contributed by atoms with Crippen LogP contribution in [0.4, 0.5) is 0 Å². The van der Waals surface area contributed by atoms with Crippen LogP contribution in [0.3, 0.4) is 0 Å². The van der Waals surface area contributed by atoms with Crippen LogP contribution < -0.4 is 10.2 Å². The fraction of sp³-hybridized carbons (Fsp3) is 0.185. The molecular weight excluding hydrogens is 468 g/mol. The number of aryl methyl sites for hydroxylation is 1. The quantitative estimate of drug-likeness (QED) is 0.288. The summed E-state index contributed by atoms with van der Waals surface area (Å²) >= 11 is 3.35. The minimum absolute atomic E-state index is 0.0171. The molecule has 4 rings (SSSR count). The molecule has 4 nitrogen and oxygen atoms in total. The third-order valence-corrected chi connectivity index (χ3v) is 5.82. The monoisotopic (exact) mass is 490 g/mol.